The molecule has 0 aliphatic rings. The Morgan fingerprint density at radius 1 is 0.516 bits per heavy atom. The third-order valence-corrected chi connectivity index (χ3v) is 4.38. The van der Waals surface area contributed by atoms with Gasteiger partial charge in [-0.15, -0.1) is 0 Å². The highest BCUT2D eigenvalue weighted by Crippen LogP contribution is 2.54. The molecule has 24 heteroatoms. The predicted molar refractivity (Wildman–Crippen MR) is 61.0 cm³/mol. The molecule has 0 bridgehead atoms. The van der Waals surface area contributed by atoms with Gasteiger partial charge in [0.2, 0.25) is 0 Å². The highest BCUT2D eigenvalue weighted by molar-refractivity contribution is 7.87. The van der Waals surface area contributed by atoms with E-state index in [1.807, 2.05) is 0 Å². The van der Waals surface area contributed by atoms with Gasteiger partial charge >= 0.3 is 61.0 Å². The lowest BCUT2D eigenvalue weighted by Crippen LogP contribution is -2.67. The summed E-state index contributed by atoms with van der Waals surface area (Å²) in [6.07, 6.45) is -30.5. The van der Waals surface area contributed by atoms with Gasteiger partial charge < -0.3 is 5.11 Å². The Bertz CT molecular complexity index is 893. The van der Waals surface area contributed by atoms with Crippen molar-refractivity contribution in [2.75, 3.05) is 0 Å². The molecule has 0 aromatic heterocycles. The Labute approximate surface area is 159 Å². The van der Waals surface area contributed by atoms with Crippen molar-refractivity contribution in [2.45, 2.75) is 40.8 Å². The number of halogens is 13. The Morgan fingerprint density at radius 3 is 1.00 bits per heavy atom. The minimum absolute atomic E-state index is 1.37. The van der Waals surface area contributed by atoms with Crippen LogP contribution in [-0.4, -0.2) is 71.8 Å². The molecule has 0 spiro atoms. The van der Waals surface area contributed by atoms with Crippen molar-refractivity contribution in [1.29, 1.82) is 0 Å². The van der Waals surface area contributed by atoms with Gasteiger partial charge in [-0.25, -0.2) is 4.74 Å². The molecule has 0 aliphatic carbocycles. The normalized spacial score (nSPS) is 18.1. The molecule has 0 heterocycles. The second-order valence-corrected chi connectivity index (χ2v) is 7.80. The van der Waals surface area contributed by atoms with Crippen LogP contribution in [0.15, 0.2) is 0 Å². The lowest BCUT2D eigenvalue weighted by Gasteiger charge is -2.39. The van der Waals surface area contributed by atoms with E-state index in [-0.39, 0.29) is 0 Å². The lowest BCUT2D eigenvalue weighted by atomic mass is 10.2. The first kappa shape index (κ1) is 29.8. The van der Waals surface area contributed by atoms with E-state index in [4.69, 9.17) is 14.2 Å². The number of rotatable bonds is 10. The van der Waals surface area contributed by atoms with E-state index in [1.165, 1.54) is 9.47 Å². The van der Waals surface area contributed by atoms with Gasteiger partial charge in [0.05, 0.1) is 0 Å². The number of hydrogen-bond donors (Lipinski definition) is 3. The molecule has 0 aromatic rings. The summed E-state index contributed by atoms with van der Waals surface area (Å²) in [6.45, 7) is 0. The van der Waals surface area contributed by atoms with Gasteiger partial charge in [-0.1, -0.05) is 0 Å². The standard InChI is InChI=1S/C7H3F13O9S2/c8-1(2(9,10)21,28-4(13,14)6(17,18)30(22,23)24)3(11,12)29-5(15,16)7(19,20)31(25,26)27/h21H,(H,22,23,24)(H,25,26,27). The summed E-state index contributed by atoms with van der Waals surface area (Å²) in [6, 6.07) is 0. The van der Waals surface area contributed by atoms with Crippen LogP contribution >= 0.6 is 0 Å². The van der Waals surface area contributed by atoms with Crippen LogP contribution in [0.5, 0.6) is 0 Å². The van der Waals surface area contributed by atoms with Gasteiger partial charge in [0.25, 0.3) is 0 Å². The minimum atomic E-state index is -7.89. The quantitative estimate of drug-likeness (QED) is 0.279. The van der Waals surface area contributed by atoms with Crippen molar-refractivity contribution in [2.24, 2.45) is 0 Å². The first-order valence-corrected chi connectivity index (χ1v) is 8.82. The fourth-order valence-electron chi connectivity index (χ4n) is 1.12. The second kappa shape index (κ2) is 7.41. The summed E-state index contributed by atoms with van der Waals surface area (Å²) in [5.74, 6) is -7.84. The Kier molecular flexibility index (Phi) is 7.12. The molecule has 188 valence electrons. The topological polar surface area (TPSA) is 147 Å². The molecule has 1 atom stereocenters. The van der Waals surface area contributed by atoms with Crippen LogP contribution in [0.4, 0.5) is 57.1 Å². The highest BCUT2D eigenvalue weighted by atomic mass is 32.2. The molecule has 0 saturated heterocycles. The Morgan fingerprint density at radius 2 is 0.774 bits per heavy atom. The van der Waals surface area contributed by atoms with Crippen LogP contribution in [-0.2, 0) is 29.7 Å². The molecular weight excluding hydrogens is 539 g/mol. The maximum atomic E-state index is 13.7. The number of aliphatic hydroxyl groups is 1. The first-order valence-electron chi connectivity index (χ1n) is 5.94. The predicted octanol–water partition coefficient (Wildman–Crippen LogP) is 2.01. The summed E-state index contributed by atoms with van der Waals surface area (Å²) in [7, 11) is -15.1. The van der Waals surface area contributed by atoms with E-state index in [0.29, 0.717) is 0 Å². The van der Waals surface area contributed by atoms with E-state index >= 15 is 0 Å². The third kappa shape index (κ3) is 4.92. The summed E-state index contributed by atoms with van der Waals surface area (Å²) in [5, 5.41) is -6.76. The van der Waals surface area contributed by atoms with Crippen LogP contribution in [0.2, 0.25) is 0 Å². The van der Waals surface area contributed by atoms with E-state index in [1.54, 1.807) is 0 Å². The molecule has 0 saturated carbocycles. The fourth-order valence-corrected chi connectivity index (χ4v) is 1.80. The van der Waals surface area contributed by atoms with Gasteiger partial charge in [-0.2, -0.15) is 73.9 Å². The van der Waals surface area contributed by atoms with Gasteiger partial charge in [0, 0.05) is 0 Å². The number of alkyl halides is 13. The van der Waals surface area contributed by atoms with Gasteiger partial charge in [0.15, 0.2) is 0 Å². The van der Waals surface area contributed by atoms with E-state index < -0.39 is 61.0 Å². The summed E-state index contributed by atoms with van der Waals surface area (Å²) in [4.78, 5) is 0. The molecule has 0 radical (unpaired) electrons. The van der Waals surface area contributed by atoms with E-state index in [0.717, 1.165) is 0 Å². The van der Waals surface area contributed by atoms with Crippen molar-refractivity contribution in [3.05, 3.63) is 0 Å². The van der Waals surface area contributed by atoms with Gasteiger partial charge in [-0.05, 0) is 0 Å². The van der Waals surface area contributed by atoms with Gasteiger partial charge in [-0.3, -0.25) is 13.8 Å². The monoisotopic (exact) mass is 542 g/mol. The lowest BCUT2D eigenvalue weighted by molar-refractivity contribution is -0.550. The molecule has 0 rings (SSSR count). The van der Waals surface area contributed by atoms with Gasteiger partial charge in [0.1, 0.15) is 0 Å². The molecule has 0 aromatic carbocycles. The summed E-state index contributed by atoms with van der Waals surface area (Å²) in [5.41, 5.74) is 0. The van der Waals surface area contributed by atoms with Crippen molar-refractivity contribution in [3.8, 4) is 0 Å². The molecule has 0 amide bonds. The zero-order chi connectivity index (χ0) is 25.9. The molecule has 0 aliphatic heterocycles. The smallest absolute Gasteiger partial charge is 0.331 e. The van der Waals surface area contributed by atoms with Crippen molar-refractivity contribution >= 4 is 20.2 Å². The Hall–Kier alpha value is -1.21. The molecule has 3 N–H and O–H groups in total. The van der Waals surface area contributed by atoms with E-state index in [2.05, 4.69) is 0 Å². The summed E-state index contributed by atoms with van der Waals surface area (Å²) >= 11 is 0. The zero-order valence-electron chi connectivity index (χ0n) is 13.0. The van der Waals surface area contributed by atoms with Crippen LogP contribution in [0.25, 0.3) is 0 Å². The molecular formula is C7H3F13O9S2. The summed E-state index contributed by atoms with van der Waals surface area (Å²) < 4.78 is 228. The number of hydrogen-bond acceptors (Lipinski definition) is 7. The van der Waals surface area contributed by atoms with Crippen molar-refractivity contribution in [3.63, 3.8) is 0 Å². The van der Waals surface area contributed by atoms with Crippen LogP contribution in [0.3, 0.4) is 0 Å². The van der Waals surface area contributed by atoms with Crippen LogP contribution in [0.1, 0.15) is 0 Å². The van der Waals surface area contributed by atoms with Crippen LogP contribution in [0, 0.1) is 0 Å². The first-order chi connectivity index (χ1) is 12.9. The maximum absolute atomic E-state index is 13.7. The fraction of sp³-hybridized carbons (Fsp3) is 1.00. The molecule has 9 nitrogen and oxygen atoms in total. The largest absolute Gasteiger partial charge is 0.460 e. The van der Waals surface area contributed by atoms with E-state index in [9.17, 15) is 73.9 Å². The second-order valence-electron chi connectivity index (χ2n) is 4.87. The van der Waals surface area contributed by atoms with Crippen LogP contribution < -0.4 is 0 Å². The van der Waals surface area contributed by atoms with Crippen molar-refractivity contribution < 1.29 is 97.6 Å². The zero-order valence-corrected chi connectivity index (χ0v) is 14.7. The van der Waals surface area contributed by atoms with Crippen molar-refractivity contribution in [1.82, 2.24) is 0 Å². The number of ether oxygens (including phenoxy) is 2. The molecule has 0 fully saturated rings. The maximum Gasteiger partial charge on any atom is 0.460 e. The molecule has 1 unspecified atom stereocenters. The Balaban J connectivity index is 6.68. The molecule has 31 heavy (non-hydrogen) atoms. The minimum Gasteiger partial charge on any atom is -0.331 e. The third-order valence-electron chi connectivity index (χ3n) is 2.61. The highest BCUT2D eigenvalue weighted by Gasteiger charge is 2.83. The average molecular weight is 542 g/mol. The SMILES string of the molecule is O=S(=O)(O)C(F)(F)C(F)(F)OC(F)(F)C(F)(OC(F)(F)C(F)(F)S(=O)(=O)O)C(O)(F)F. The average Bonchev–Trinajstić information content (AvgIpc) is 2.41.